The predicted molar refractivity (Wildman–Crippen MR) is 121 cm³/mol. The molecule has 32 heavy (non-hydrogen) atoms. The van der Waals surface area contributed by atoms with E-state index in [4.69, 9.17) is 4.98 Å². The molecule has 3 aromatic heterocycles. The first kappa shape index (κ1) is 19.8. The third kappa shape index (κ3) is 3.09. The molecule has 0 atom stereocenters. The highest BCUT2D eigenvalue weighted by Gasteiger charge is 2.19. The maximum atomic E-state index is 11.1. The average Bonchev–Trinajstić information content (AvgIpc) is 3.27. The van der Waals surface area contributed by atoms with E-state index >= 15 is 0 Å². The van der Waals surface area contributed by atoms with Gasteiger partial charge in [-0.05, 0) is 32.4 Å². The summed E-state index contributed by atoms with van der Waals surface area (Å²) < 4.78 is 3.82. The number of fused-ring (bicyclic) bond motifs is 3. The summed E-state index contributed by atoms with van der Waals surface area (Å²) in [5.74, 6) is 0.404. The highest BCUT2D eigenvalue weighted by atomic mass is 16.6. The molecule has 5 rings (SSSR count). The molecule has 0 saturated carbocycles. The minimum absolute atomic E-state index is 0.0792. The van der Waals surface area contributed by atoms with E-state index in [0.29, 0.717) is 12.4 Å². The summed E-state index contributed by atoms with van der Waals surface area (Å²) in [6.07, 6.45) is 0.532. The first-order valence-corrected chi connectivity index (χ1v) is 10.4. The van der Waals surface area contributed by atoms with Crippen LogP contribution in [0.25, 0.3) is 28.0 Å². The van der Waals surface area contributed by atoms with E-state index in [1.807, 2.05) is 38.1 Å². The molecule has 0 N–H and O–H groups in total. The van der Waals surface area contributed by atoms with Crippen LogP contribution in [0.2, 0.25) is 0 Å². The monoisotopic (exact) mass is 427 g/mol. The van der Waals surface area contributed by atoms with E-state index in [-0.39, 0.29) is 10.6 Å². The number of non-ortho nitro benzene ring substituents is 1. The van der Waals surface area contributed by atoms with Crippen LogP contribution in [-0.2, 0) is 13.0 Å². The van der Waals surface area contributed by atoms with E-state index in [9.17, 15) is 10.1 Å². The standard InChI is InChI=1S/C23H21N7O2/c1-4-28-20-11-6-5-10-18(20)21-22(28)24-23(26-25-21)29-15(3)19(14(2)27-29)13-16-8-7-9-17(12-16)30(31)32/h5-12H,4,13H2,1-3H3. The van der Waals surface area contributed by atoms with Crippen LogP contribution in [0.1, 0.15) is 29.4 Å². The smallest absolute Gasteiger partial charge is 0.272 e. The molecule has 0 unspecified atom stereocenters. The number of aromatic nitrogens is 6. The normalized spacial score (nSPS) is 11.5. The summed E-state index contributed by atoms with van der Waals surface area (Å²) in [5.41, 5.74) is 6.24. The molecule has 0 aliphatic heterocycles. The van der Waals surface area contributed by atoms with Gasteiger partial charge in [-0.3, -0.25) is 10.1 Å². The average molecular weight is 427 g/mol. The second-order valence-corrected chi connectivity index (χ2v) is 7.71. The summed E-state index contributed by atoms with van der Waals surface area (Å²) in [4.78, 5) is 15.5. The lowest BCUT2D eigenvalue weighted by Gasteiger charge is -2.06. The van der Waals surface area contributed by atoms with Crippen molar-refractivity contribution in [3.8, 4) is 5.95 Å². The molecule has 0 saturated heterocycles. The maximum Gasteiger partial charge on any atom is 0.272 e. The van der Waals surface area contributed by atoms with Gasteiger partial charge in [0.2, 0.25) is 0 Å². The lowest BCUT2D eigenvalue weighted by Crippen LogP contribution is -2.08. The van der Waals surface area contributed by atoms with Gasteiger partial charge in [-0.15, -0.1) is 10.2 Å². The molecule has 0 spiro atoms. The van der Waals surface area contributed by atoms with Crippen LogP contribution in [0.3, 0.4) is 0 Å². The zero-order chi connectivity index (χ0) is 22.4. The molecule has 3 heterocycles. The van der Waals surface area contributed by atoms with Crippen molar-refractivity contribution in [2.75, 3.05) is 0 Å². The Hall–Kier alpha value is -4.14. The van der Waals surface area contributed by atoms with Gasteiger partial charge in [0, 0.05) is 41.7 Å². The largest absolute Gasteiger partial charge is 0.324 e. The van der Waals surface area contributed by atoms with Gasteiger partial charge in [-0.1, -0.05) is 30.3 Å². The Balaban J connectivity index is 1.59. The lowest BCUT2D eigenvalue weighted by molar-refractivity contribution is -0.384. The summed E-state index contributed by atoms with van der Waals surface area (Å²) >= 11 is 0. The molecule has 2 aromatic carbocycles. The molecule has 0 bridgehead atoms. The van der Waals surface area contributed by atoms with Crippen LogP contribution in [0.5, 0.6) is 0 Å². The number of hydrogen-bond donors (Lipinski definition) is 0. The molecule has 0 fully saturated rings. The molecule has 160 valence electrons. The predicted octanol–water partition coefficient (Wildman–Crippen LogP) is 4.30. The Bertz CT molecular complexity index is 1500. The quantitative estimate of drug-likeness (QED) is 0.306. The SMILES string of the molecule is CCn1c2ccccc2c2nnc(-n3nc(C)c(Cc4cccc([N+](=O)[O-])c4)c3C)nc21. The number of rotatable bonds is 5. The number of para-hydroxylation sites is 1. The molecule has 0 radical (unpaired) electrons. The van der Waals surface area contributed by atoms with Gasteiger partial charge in [-0.2, -0.15) is 10.1 Å². The summed E-state index contributed by atoms with van der Waals surface area (Å²) in [7, 11) is 0. The molecular formula is C23H21N7O2. The van der Waals surface area contributed by atoms with E-state index in [1.54, 1.807) is 16.8 Å². The topological polar surface area (TPSA) is 105 Å². The fraction of sp³-hybridized carbons (Fsp3) is 0.217. The van der Waals surface area contributed by atoms with Crippen molar-refractivity contribution in [2.24, 2.45) is 0 Å². The Morgan fingerprint density at radius 3 is 2.66 bits per heavy atom. The Morgan fingerprint density at radius 2 is 1.88 bits per heavy atom. The van der Waals surface area contributed by atoms with Crippen molar-refractivity contribution >= 4 is 27.8 Å². The van der Waals surface area contributed by atoms with Crippen LogP contribution in [-0.4, -0.2) is 34.5 Å². The number of benzene rings is 2. The van der Waals surface area contributed by atoms with Gasteiger partial charge in [0.25, 0.3) is 11.6 Å². The van der Waals surface area contributed by atoms with Gasteiger partial charge >= 0.3 is 0 Å². The molecule has 0 aliphatic carbocycles. The van der Waals surface area contributed by atoms with E-state index in [1.165, 1.54) is 6.07 Å². The highest BCUT2D eigenvalue weighted by molar-refractivity contribution is 6.04. The van der Waals surface area contributed by atoms with Crippen molar-refractivity contribution in [1.82, 2.24) is 29.5 Å². The zero-order valence-electron chi connectivity index (χ0n) is 18.0. The molecule has 0 aliphatic rings. The van der Waals surface area contributed by atoms with Gasteiger partial charge < -0.3 is 4.57 Å². The van der Waals surface area contributed by atoms with Crippen LogP contribution in [0.15, 0.2) is 48.5 Å². The van der Waals surface area contributed by atoms with Crippen molar-refractivity contribution < 1.29 is 4.92 Å². The Kier molecular flexibility index (Phi) is 4.66. The van der Waals surface area contributed by atoms with E-state index in [0.717, 1.165) is 51.1 Å². The number of nitro groups is 1. The number of hydrogen-bond acceptors (Lipinski definition) is 6. The first-order chi connectivity index (χ1) is 15.5. The van der Waals surface area contributed by atoms with Crippen LogP contribution in [0, 0.1) is 24.0 Å². The second kappa shape index (κ2) is 7.52. The fourth-order valence-electron chi connectivity index (χ4n) is 4.21. The molecule has 9 heteroatoms. The Labute approximate surface area is 183 Å². The van der Waals surface area contributed by atoms with Crippen LogP contribution < -0.4 is 0 Å². The van der Waals surface area contributed by atoms with Crippen LogP contribution >= 0.6 is 0 Å². The van der Waals surface area contributed by atoms with Crippen LogP contribution in [0.4, 0.5) is 5.69 Å². The van der Waals surface area contributed by atoms with Crippen molar-refractivity contribution in [2.45, 2.75) is 33.7 Å². The Morgan fingerprint density at radius 1 is 1.06 bits per heavy atom. The molecule has 0 amide bonds. The molecular weight excluding hydrogens is 406 g/mol. The van der Waals surface area contributed by atoms with Crippen molar-refractivity contribution in [3.05, 3.63) is 81.2 Å². The highest BCUT2D eigenvalue weighted by Crippen LogP contribution is 2.27. The third-order valence-corrected chi connectivity index (χ3v) is 5.81. The van der Waals surface area contributed by atoms with Gasteiger partial charge in [0.15, 0.2) is 5.65 Å². The maximum absolute atomic E-state index is 11.1. The number of nitrogens with zero attached hydrogens (tertiary/aromatic N) is 7. The molecule has 9 nitrogen and oxygen atoms in total. The van der Waals surface area contributed by atoms with Crippen molar-refractivity contribution in [1.29, 1.82) is 0 Å². The molecule has 5 aromatic rings. The number of nitro benzene ring substituents is 1. The summed E-state index contributed by atoms with van der Waals surface area (Å²) in [5, 5.41) is 25.7. The first-order valence-electron chi connectivity index (χ1n) is 10.4. The second-order valence-electron chi connectivity index (χ2n) is 7.71. The fourth-order valence-corrected chi connectivity index (χ4v) is 4.21. The summed E-state index contributed by atoms with van der Waals surface area (Å²) in [6, 6.07) is 14.7. The third-order valence-electron chi connectivity index (χ3n) is 5.81. The van der Waals surface area contributed by atoms with Gasteiger partial charge in [0.1, 0.15) is 5.52 Å². The van der Waals surface area contributed by atoms with E-state index in [2.05, 4.69) is 32.9 Å². The van der Waals surface area contributed by atoms with Gasteiger partial charge in [0.05, 0.1) is 16.1 Å². The minimum atomic E-state index is -0.381. The van der Waals surface area contributed by atoms with Gasteiger partial charge in [-0.25, -0.2) is 4.68 Å². The number of aryl methyl sites for hydroxylation is 2. The van der Waals surface area contributed by atoms with E-state index < -0.39 is 0 Å². The lowest BCUT2D eigenvalue weighted by atomic mass is 10.0. The zero-order valence-corrected chi connectivity index (χ0v) is 18.0. The van der Waals surface area contributed by atoms with Crippen molar-refractivity contribution in [3.63, 3.8) is 0 Å². The minimum Gasteiger partial charge on any atom is -0.324 e. The summed E-state index contributed by atoms with van der Waals surface area (Å²) in [6.45, 7) is 6.71.